The molecule has 0 atom stereocenters. The molecule has 0 aliphatic carbocycles. The molecule has 0 aromatic rings. The molecule has 0 amide bonds. The molecule has 0 aromatic heterocycles. The highest BCUT2D eigenvalue weighted by molar-refractivity contribution is 6.10. The van der Waals surface area contributed by atoms with Crippen LogP contribution < -0.4 is 5.73 Å². The van der Waals surface area contributed by atoms with E-state index in [-0.39, 0.29) is 19.7 Å². The molecule has 0 fully saturated rings. The minimum absolute atomic E-state index is 0.166. The van der Waals surface area contributed by atoms with Gasteiger partial charge >= 0.3 is 5.97 Å². The highest BCUT2D eigenvalue weighted by Gasteiger charge is 2.19. The van der Waals surface area contributed by atoms with Crippen molar-refractivity contribution in [2.24, 2.45) is 10.7 Å². The fraction of sp³-hybridized carbons (Fsp3) is 0.444. The second-order valence-electron chi connectivity index (χ2n) is 2.66. The van der Waals surface area contributed by atoms with E-state index < -0.39 is 23.7 Å². The van der Waals surface area contributed by atoms with Crippen LogP contribution in [0.25, 0.3) is 0 Å². The van der Waals surface area contributed by atoms with Gasteiger partial charge in [-0.1, -0.05) is 0 Å². The number of carbonyl (C=O) groups is 2. The Balaban J connectivity index is 4.57. The van der Waals surface area contributed by atoms with Crippen molar-refractivity contribution in [1.82, 2.24) is 0 Å². The van der Waals surface area contributed by atoms with Crippen LogP contribution in [0.15, 0.2) is 16.3 Å². The van der Waals surface area contributed by atoms with Crippen molar-refractivity contribution >= 4 is 18.7 Å². The smallest absolute Gasteiger partial charge is 0.341 e. The van der Waals surface area contributed by atoms with Crippen LogP contribution in [0.1, 0.15) is 0 Å². The summed E-state index contributed by atoms with van der Waals surface area (Å²) in [6.07, 6.45) is -2.11. The maximum atomic E-state index is 12.3. The number of carbonyl (C=O) groups excluding carboxylic acids is 2. The maximum absolute atomic E-state index is 12.3. The summed E-state index contributed by atoms with van der Waals surface area (Å²) in [6.45, 7) is -0.249. The lowest BCUT2D eigenvalue weighted by molar-refractivity contribution is -0.143. The summed E-state index contributed by atoms with van der Waals surface area (Å²) in [5.74, 6) is -1.05. The van der Waals surface area contributed by atoms with Crippen molar-refractivity contribution in [2.75, 3.05) is 20.3 Å². The average molecular weight is 250 g/mol. The number of allylic oxidation sites excluding steroid dienone is 1. The van der Waals surface area contributed by atoms with Crippen LogP contribution in [-0.4, -0.2) is 45.3 Å². The van der Waals surface area contributed by atoms with Gasteiger partial charge in [-0.15, -0.1) is 0 Å². The molecule has 0 rings (SSSR count). The SMILES string of the molecule is CN=CC(C(=O)OCCOC=O)=C(N)C(F)F. The van der Waals surface area contributed by atoms with Crippen molar-refractivity contribution in [3.05, 3.63) is 11.3 Å². The van der Waals surface area contributed by atoms with Crippen LogP contribution in [0.3, 0.4) is 0 Å². The molecular formula is C9H12F2N2O4. The molecule has 0 aliphatic heterocycles. The molecule has 0 heterocycles. The second-order valence-corrected chi connectivity index (χ2v) is 2.66. The van der Waals surface area contributed by atoms with E-state index in [1.807, 2.05) is 0 Å². The number of alkyl halides is 2. The van der Waals surface area contributed by atoms with Gasteiger partial charge in [0, 0.05) is 13.3 Å². The third-order valence-corrected chi connectivity index (χ3v) is 1.53. The lowest BCUT2D eigenvalue weighted by Crippen LogP contribution is -2.21. The van der Waals surface area contributed by atoms with E-state index in [1.165, 1.54) is 7.05 Å². The normalized spacial score (nSPS) is 12.5. The van der Waals surface area contributed by atoms with Crippen molar-refractivity contribution < 1.29 is 27.8 Å². The van der Waals surface area contributed by atoms with E-state index >= 15 is 0 Å². The monoisotopic (exact) mass is 250 g/mol. The van der Waals surface area contributed by atoms with Gasteiger partial charge in [0.15, 0.2) is 0 Å². The van der Waals surface area contributed by atoms with Crippen molar-refractivity contribution in [3.8, 4) is 0 Å². The Hall–Kier alpha value is -1.99. The Labute approximate surface area is 96.1 Å². The first-order valence-electron chi connectivity index (χ1n) is 4.46. The molecule has 0 aliphatic rings. The minimum Gasteiger partial charge on any atom is -0.464 e. The summed E-state index contributed by atoms with van der Waals surface area (Å²) in [7, 11) is 1.29. The highest BCUT2D eigenvalue weighted by Crippen LogP contribution is 2.08. The second kappa shape index (κ2) is 8.20. The van der Waals surface area contributed by atoms with Crippen LogP contribution >= 0.6 is 0 Å². The Morgan fingerprint density at radius 2 is 2.12 bits per heavy atom. The number of hydrogen-bond donors (Lipinski definition) is 1. The summed E-state index contributed by atoms with van der Waals surface area (Å²) < 4.78 is 33.4. The van der Waals surface area contributed by atoms with Crippen LogP contribution in [0, 0.1) is 0 Å². The van der Waals surface area contributed by atoms with E-state index in [4.69, 9.17) is 5.73 Å². The lowest BCUT2D eigenvalue weighted by atomic mass is 10.2. The van der Waals surface area contributed by atoms with Crippen LogP contribution in [-0.2, 0) is 19.1 Å². The van der Waals surface area contributed by atoms with Gasteiger partial charge in [-0.05, 0) is 0 Å². The molecule has 2 N–H and O–H groups in total. The predicted molar refractivity (Wildman–Crippen MR) is 54.6 cm³/mol. The van der Waals surface area contributed by atoms with E-state index in [9.17, 15) is 18.4 Å². The van der Waals surface area contributed by atoms with Crippen molar-refractivity contribution in [2.45, 2.75) is 6.43 Å². The fourth-order valence-corrected chi connectivity index (χ4v) is 0.800. The molecule has 0 saturated heterocycles. The Morgan fingerprint density at radius 1 is 1.47 bits per heavy atom. The fourth-order valence-electron chi connectivity index (χ4n) is 0.800. The first-order valence-corrected chi connectivity index (χ1v) is 4.46. The minimum atomic E-state index is -2.98. The number of esters is 1. The zero-order valence-corrected chi connectivity index (χ0v) is 9.06. The van der Waals surface area contributed by atoms with Crippen LogP contribution in [0.5, 0.6) is 0 Å². The molecule has 0 radical (unpaired) electrons. The number of aliphatic imine (C=N–C) groups is 1. The van der Waals surface area contributed by atoms with E-state index in [1.54, 1.807) is 0 Å². The zero-order valence-electron chi connectivity index (χ0n) is 9.06. The molecular weight excluding hydrogens is 238 g/mol. The number of ether oxygens (including phenoxy) is 2. The van der Waals surface area contributed by atoms with Gasteiger partial charge in [0.1, 0.15) is 18.8 Å². The van der Waals surface area contributed by atoms with E-state index in [0.717, 1.165) is 6.21 Å². The molecule has 96 valence electrons. The highest BCUT2D eigenvalue weighted by atomic mass is 19.3. The summed E-state index contributed by atoms with van der Waals surface area (Å²) in [5.41, 5.74) is 3.59. The van der Waals surface area contributed by atoms with Crippen LogP contribution in [0.4, 0.5) is 8.78 Å². The molecule has 8 heteroatoms. The summed E-state index contributed by atoms with van der Waals surface area (Å²) >= 11 is 0. The topological polar surface area (TPSA) is 91.0 Å². The predicted octanol–water partition coefficient (Wildman–Crippen LogP) is -0.119. The third kappa shape index (κ3) is 5.59. The quantitative estimate of drug-likeness (QED) is 0.224. The summed E-state index contributed by atoms with van der Waals surface area (Å²) in [4.78, 5) is 24.5. The van der Waals surface area contributed by atoms with Gasteiger partial charge in [-0.2, -0.15) is 0 Å². The van der Waals surface area contributed by atoms with Crippen molar-refractivity contribution in [3.63, 3.8) is 0 Å². The zero-order chi connectivity index (χ0) is 13.3. The van der Waals surface area contributed by atoms with Gasteiger partial charge in [0.2, 0.25) is 0 Å². The Kier molecular flexibility index (Phi) is 7.24. The first kappa shape index (κ1) is 15.0. The van der Waals surface area contributed by atoms with Gasteiger partial charge in [0.05, 0.1) is 5.70 Å². The van der Waals surface area contributed by atoms with Gasteiger partial charge in [-0.25, -0.2) is 13.6 Å². The summed E-state index contributed by atoms with van der Waals surface area (Å²) in [6, 6.07) is 0. The molecule has 0 bridgehead atoms. The van der Waals surface area contributed by atoms with E-state index in [0.29, 0.717) is 0 Å². The average Bonchev–Trinajstić information content (AvgIpc) is 2.30. The first-order chi connectivity index (χ1) is 8.04. The number of halogens is 2. The lowest BCUT2D eigenvalue weighted by Gasteiger charge is -2.07. The molecule has 17 heavy (non-hydrogen) atoms. The number of hydrogen-bond acceptors (Lipinski definition) is 6. The molecule has 0 saturated carbocycles. The van der Waals surface area contributed by atoms with Crippen LogP contribution in [0.2, 0.25) is 0 Å². The Morgan fingerprint density at radius 3 is 2.59 bits per heavy atom. The number of nitrogens with two attached hydrogens (primary N) is 1. The molecule has 6 nitrogen and oxygen atoms in total. The number of rotatable bonds is 7. The number of nitrogens with zero attached hydrogens (tertiary/aromatic N) is 1. The van der Waals surface area contributed by atoms with E-state index in [2.05, 4.69) is 14.5 Å². The van der Waals surface area contributed by atoms with Gasteiger partial charge < -0.3 is 15.2 Å². The summed E-state index contributed by atoms with van der Waals surface area (Å²) in [5, 5.41) is 0. The Bertz CT molecular complexity index is 329. The molecule has 0 unspecified atom stereocenters. The van der Waals surface area contributed by atoms with Crippen molar-refractivity contribution in [1.29, 1.82) is 0 Å². The molecule has 0 aromatic carbocycles. The maximum Gasteiger partial charge on any atom is 0.341 e. The largest absolute Gasteiger partial charge is 0.464 e. The van der Waals surface area contributed by atoms with Gasteiger partial charge in [-0.3, -0.25) is 9.79 Å². The third-order valence-electron chi connectivity index (χ3n) is 1.53. The standard InChI is InChI=1S/C9H12F2N2O4/c1-13-4-6(7(12)8(10)11)9(15)17-3-2-16-5-14/h4-5,8H,2-3,12H2,1H3. The molecule has 0 spiro atoms. The van der Waals surface area contributed by atoms with Gasteiger partial charge in [0.25, 0.3) is 12.9 Å².